The molecule has 0 spiro atoms. The van der Waals surface area contributed by atoms with Crippen molar-refractivity contribution in [1.82, 2.24) is 0 Å². The number of hydrogen-bond donors (Lipinski definition) is 2. The largest absolute Gasteiger partial charge is 0.503 e. The van der Waals surface area contributed by atoms with E-state index < -0.39 is 23.4 Å². The molecule has 0 aliphatic rings. The molecule has 1 aromatic heterocycles. The molecule has 1 heterocycles. The molecule has 0 radical (unpaired) electrons. The zero-order valence-electron chi connectivity index (χ0n) is 14.1. The molecule has 3 rings (SSSR count). The lowest BCUT2D eigenvalue weighted by Gasteiger charge is -2.03. The van der Waals surface area contributed by atoms with Crippen LogP contribution in [0.4, 0.5) is 0 Å². The van der Waals surface area contributed by atoms with E-state index in [0.29, 0.717) is 11.3 Å². The normalized spacial score (nSPS) is 10.4. The molecule has 0 atom stereocenters. The molecule has 0 bridgehead atoms. The Morgan fingerprint density at radius 3 is 1.44 bits per heavy atom. The quantitative estimate of drug-likeness (QED) is 0.627. The van der Waals surface area contributed by atoms with E-state index in [1.165, 1.54) is 0 Å². The van der Waals surface area contributed by atoms with Gasteiger partial charge in [0, 0.05) is 0 Å². The number of carbonyl (C=O) groups is 2. The van der Waals surface area contributed by atoms with Crippen molar-refractivity contribution in [3.63, 3.8) is 0 Å². The first kappa shape index (κ1) is 18.5. The van der Waals surface area contributed by atoms with Crippen molar-refractivity contribution in [2.24, 2.45) is 0 Å². The van der Waals surface area contributed by atoms with E-state index in [0.717, 1.165) is 11.1 Å². The van der Waals surface area contributed by atoms with Gasteiger partial charge in [-0.05, 0) is 11.1 Å². The first-order valence-corrected chi connectivity index (χ1v) is 8.84. The SMILES string of the molecule is O=C(OCc1ccccc1)c1sc(C(=O)OCc2ccccc2)c(O)c1O. The van der Waals surface area contributed by atoms with Gasteiger partial charge >= 0.3 is 11.9 Å². The van der Waals surface area contributed by atoms with Crippen LogP contribution >= 0.6 is 11.3 Å². The number of carbonyl (C=O) groups excluding carboxylic acids is 2. The Balaban J connectivity index is 1.67. The molecule has 2 N–H and O–H groups in total. The molecule has 27 heavy (non-hydrogen) atoms. The van der Waals surface area contributed by atoms with Gasteiger partial charge < -0.3 is 19.7 Å². The fourth-order valence-corrected chi connectivity index (χ4v) is 3.14. The molecule has 0 aliphatic carbocycles. The van der Waals surface area contributed by atoms with Crippen LogP contribution in [0.25, 0.3) is 0 Å². The van der Waals surface area contributed by atoms with Gasteiger partial charge in [0.15, 0.2) is 21.3 Å². The van der Waals surface area contributed by atoms with Crippen LogP contribution in [0.2, 0.25) is 0 Å². The summed E-state index contributed by atoms with van der Waals surface area (Å²) in [5.74, 6) is -3.05. The molecule has 6 nitrogen and oxygen atoms in total. The van der Waals surface area contributed by atoms with Crippen molar-refractivity contribution in [3.05, 3.63) is 81.5 Å². The number of hydrogen-bond acceptors (Lipinski definition) is 7. The average Bonchev–Trinajstić information content (AvgIpc) is 3.01. The van der Waals surface area contributed by atoms with Gasteiger partial charge in [0.05, 0.1) is 0 Å². The van der Waals surface area contributed by atoms with Crippen LogP contribution in [0.3, 0.4) is 0 Å². The van der Waals surface area contributed by atoms with Crippen molar-refractivity contribution in [2.45, 2.75) is 13.2 Å². The molecule has 7 heteroatoms. The Morgan fingerprint density at radius 2 is 1.07 bits per heavy atom. The van der Waals surface area contributed by atoms with Gasteiger partial charge in [-0.2, -0.15) is 0 Å². The van der Waals surface area contributed by atoms with Gasteiger partial charge in [-0.3, -0.25) is 0 Å². The molecule has 2 aromatic carbocycles. The predicted octanol–water partition coefficient (Wildman–Crippen LogP) is 3.87. The Bertz CT molecular complexity index is 858. The summed E-state index contributed by atoms with van der Waals surface area (Å²) in [6, 6.07) is 18.0. The highest BCUT2D eigenvalue weighted by atomic mass is 32.1. The second kappa shape index (κ2) is 8.37. The van der Waals surface area contributed by atoms with Crippen LogP contribution in [0, 0.1) is 0 Å². The summed E-state index contributed by atoms with van der Waals surface area (Å²) >= 11 is 0.624. The molecule has 3 aromatic rings. The summed E-state index contributed by atoms with van der Waals surface area (Å²) < 4.78 is 10.2. The van der Waals surface area contributed by atoms with Crippen molar-refractivity contribution >= 4 is 23.3 Å². The maximum atomic E-state index is 12.2. The van der Waals surface area contributed by atoms with E-state index in [-0.39, 0.29) is 23.0 Å². The van der Waals surface area contributed by atoms with Crippen LogP contribution in [-0.2, 0) is 22.7 Å². The van der Waals surface area contributed by atoms with Crippen molar-refractivity contribution in [3.8, 4) is 11.5 Å². The standard InChI is InChI=1S/C20H16O6S/c21-15-16(22)18(20(24)26-12-14-9-5-2-6-10-14)27-17(15)19(23)25-11-13-7-3-1-4-8-13/h1-10,21-22H,11-12H2. The number of ether oxygens (including phenoxy) is 2. The summed E-state index contributed by atoms with van der Waals surface area (Å²) in [6.07, 6.45) is 0. The molecule has 0 fully saturated rings. The van der Waals surface area contributed by atoms with Gasteiger partial charge in [-0.15, -0.1) is 11.3 Å². The first-order chi connectivity index (χ1) is 13.1. The van der Waals surface area contributed by atoms with Crippen molar-refractivity contribution < 1.29 is 29.3 Å². The van der Waals surface area contributed by atoms with E-state index in [1.807, 2.05) is 12.1 Å². The summed E-state index contributed by atoms with van der Waals surface area (Å²) in [4.78, 5) is 23.8. The minimum Gasteiger partial charge on any atom is -0.503 e. The average molecular weight is 384 g/mol. The topological polar surface area (TPSA) is 93.1 Å². The Morgan fingerprint density at radius 1 is 0.704 bits per heavy atom. The van der Waals surface area contributed by atoms with Crippen LogP contribution in [0.15, 0.2) is 60.7 Å². The van der Waals surface area contributed by atoms with Gasteiger partial charge in [-0.25, -0.2) is 9.59 Å². The summed E-state index contributed by atoms with van der Waals surface area (Å²) in [5, 5.41) is 19.9. The minimum atomic E-state index is -0.834. The zero-order valence-corrected chi connectivity index (χ0v) is 14.9. The van der Waals surface area contributed by atoms with E-state index >= 15 is 0 Å². The molecule has 0 amide bonds. The summed E-state index contributed by atoms with van der Waals surface area (Å²) in [6.45, 7) is 0.0110. The third-order valence-corrected chi connectivity index (χ3v) is 4.78. The lowest BCUT2D eigenvalue weighted by Crippen LogP contribution is -2.04. The molecule has 0 unspecified atom stereocenters. The number of rotatable bonds is 6. The maximum absolute atomic E-state index is 12.2. The second-order valence-electron chi connectivity index (χ2n) is 5.58. The Kier molecular flexibility index (Phi) is 5.73. The number of thiophene rings is 1. The van der Waals surface area contributed by atoms with E-state index in [9.17, 15) is 19.8 Å². The first-order valence-electron chi connectivity index (χ1n) is 8.03. The summed E-state index contributed by atoms with van der Waals surface area (Å²) in [5.41, 5.74) is 1.54. The number of esters is 2. The van der Waals surface area contributed by atoms with E-state index in [1.54, 1.807) is 48.5 Å². The fourth-order valence-electron chi connectivity index (χ4n) is 2.27. The van der Waals surface area contributed by atoms with Crippen LogP contribution in [0.5, 0.6) is 11.5 Å². The van der Waals surface area contributed by atoms with Crippen molar-refractivity contribution in [1.29, 1.82) is 0 Å². The molecular formula is C20H16O6S. The zero-order chi connectivity index (χ0) is 19.2. The van der Waals surface area contributed by atoms with Crippen LogP contribution in [0.1, 0.15) is 30.5 Å². The van der Waals surface area contributed by atoms with Gasteiger partial charge in [0.1, 0.15) is 13.2 Å². The third-order valence-electron chi connectivity index (χ3n) is 3.65. The van der Waals surface area contributed by atoms with Gasteiger partial charge in [0.25, 0.3) is 0 Å². The predicted molar refractivity (Wildman–Crippen MR) is 98.8 cm³/mol. The molecule has 138 valence electrons. The maximum Gasteiger partial charge on any atom is 0.352 e. The lowest BCUT2D eigenvalue weighted by atomic mass is 10.2. The Hall–Kier alpha value is -3.32. The highest BCUT2D eigenvalue weighted by Gasteiger charge is 2.28. The Labute approximate surface area is 159 Å². The highest BCUT2D eigenvalue weighted by molar-refractivity contribution is 7.16. The van der Waals surface area contributed by atoms with E-state index in [2.05, 4.69) is 0 Å². The molecule has 0 saturated heterocycles. The number of benzene rings is 2. The van der Waals surface area contributed by atoms with Gasteiger partial charge in [0.2, 0.25) is 0 Å². The monoisotopic (exact) mass is 384 g/mol. The smallest absolute Gasteiger partial charge is 0.352 e. The van der Waals surface area contributed by atoms with Crippen LogP contribution in [-0.4, -0.2) is 22.2 Å². The summed E-state index contributed by atoms with van der Waals surface area (Å²) in [7, 11) is 0. The lowest BCUT2D eigenvalue weighted by molar-refractivity contribution is 0.0466. The molecule has 0 aliphatic heterocycles. The number of aromatic hydroxyl groups is 2. The van der Waals surface area contributed by atoms with Crippen LogP contribution < -0.4 is 0 Å². The molecular weight excluding hydrogens is 368 g/mol. The molecule has 0 saturated carbocycles. The van der Waals surface area contributed by atoms with Crippen molar-refractivity contribution in [2.75, 3.05) is 0 Å². The van der Waals surface area contributed by atoms with Gasteiger partial charge in [-0.1, -0.05) is 60.7 Å². The highest BCUT2D eigenvalue weighted by Crippen LogP contribution is 2.41. The van der Waals surface area contributed by atoms with E-state index in [4.69, 9.17) is 9.47 Å². The minimum absolute atomic E-state index is 0.00552. The third kappa shape index (κ3) is 4.45. The fraction of sp³-hybridized carbons (Fsp3) is 0.100. The second-order valence-corrected chi connectivity index (χ2v) is 6.60.